The van der Waals surface area contributed by atoms with Gasteiger partial charge in [0.15, 0.2) is 11.5 Å². The molecule has 0 aromatic heterocycles. The topological polar surface area (TPSA) is 60.4 Å². The second-order valence-corrected chi connectivity index (χ2v) is 5.53. The first-order chi connectivity index (χ1) is 11.2. The van der Waals surface area contributed by atoms with Crippen molar-refractivity contribution in [1.29, 1.82) is 0 Å². The Morgan fingerprint density at radius 1 is 1.13 bits per heavy atom. The van der Waals surface area contributed by atoms with Gasteiger partial charge in [0.2, 0.25) is 0 Å². The highest BCUT2D eigenvalue weighted by atomic mass is 16.7. The maximum atomic E-state index is 12.0. The van der Waals surface area contributed by atoms with E-state index in [-0.39, 0.29) is 0 Å². The van der Waals surface area contributed by atoms with Crippen molar-refractivity contribution < 1.29 is 19.1 Å². The predicted molar refractivity (Wildman–Crippen MR) is 85.7 cm³/mol. The smallest absolute Gasteiger partial charge is 0.369 e. The standard InChI is InChI=1S/C17H20N2O4/c1-21-14-7-6-12(10-15(14)22-2)16-13(17(20)23-18-16)11-19-8-4-3-5-9-19/h6-7,10-11H,3-5,8-9H2,1-2H3. The lowest BCUT2D eigenvalue weighted by molar-refractivity contribution is -0.136. The summed E-state index contributed by atoms with van der Waals surface area (Å²) in [6, 6.07) is 5.42. The lowest BCUT2D eigenvalue weighted by Gasteiger charge is -2.25. The van der Waals surface area contributed by atoms with Crippen molar-refractivity contribution in [2.24, 2.45) is 5.16 Å². The van der Waals surface area contributed by atoms with Gasteiger partial charge in [-0.3, -0.25) is 0 Å². The van der Waals surface area contributed by atoms with Crippen LogP contribution >= 0.6 is 0 Å². The lowest BCUT2D eigenvalue weighted by atomic mass is 10.0. The zero-order valence-electron chi connectivity index (χ0n) is 13.4. The quantitative estimate of drug-likeness (QED) is 0.630. The average molecular weight is 316 g/mol. The van der Waals surface area contributed by atoms with Crippen molar-refractivity contribution in [2.45, 2.75) is 19.3 Å². The molecule has 23 heavy (non-hydrogen) atoms. The highest BCUT2D eigenvalue weighted by molar-refractivity contribution is 6.28. The number of carbonyl (C=O) groups is 1. The van der Waals surface area contributed by atoms with Crippen LogP contribution in [0.1, 0.15) is 24.8 Å². The van der Waals surface area contributed by atoms with Crippen LogP contribution in [-0.4, -0.2) is 43.9 Å². The number of hydrogen-bond acceptors (Lipinski definition) is 6. The number of benzene rings is 1. The molecule has 3 rings (SSSR count). The summed E-state index contributed by atoms with van der Waals surface area (Å²) >= 11 is 0. The first kappa shape index (κ1) is 15.4. The van der Waals surface area contributed by atoms with Gasteiger partial charge in [0.05, 0.1) is 14.2 Å². The molecule has 0 saturated carbocycles. The van der Waals surface area contributed by atoms with Crippen LogP contribution in [0.3, 0.4) is 0 Å². The molecule has 0 N–H and O–H groups in total. The average Bonchev–Trinajstić information content (AvgIpc) is 2.96. The molecule has 1 aromatic rings. The van der Waals surface area contributed by atoms with Crippen LogP contribution in [0.2, 0.25) is 0 Å². The summed E-state index contributed by atoms with van der Waals surface area (Å²) in [6.07, 6.45) is 5.38. The fourth-order valence-electron chi connectivity index (χ4n) is 2.82. The fraction of sp³-hybridized carbons (Fsp3) is 0.412. The molecule has 0 unspecified atom stereocenters. The van der Waals surface area contributed by atoms with Crippen LogP contribution in [0.4, 0.5) is 0 Å². The van der Waals surface area contributed by atoms with E-state index in [0.29, 0.717) is 22.8 Å². The second-order valence-electron chi connectivity index (χ2n) is 5.53. The van der Waals surface area contributed by atoms with Crippen LogP contribution in [-0.2, 0) is 9.63 Å². The highest BCUT2D eigenvalue weighted by Crippen LogP contribution is 2.30. The Bertz CT molecular complexity index is 661. The molecule has 2 heterocycles. The Morgan fingerprint density at radius 2 is 1.87 bits per heavy atom. The number of carbonyl (C=O) groups excluding carboxylic acids is 1. The van der Waals surface area contributed by atoms with Gasteiger partial charge < -0.3 is 19.2 Å². The van der Waals surface area contributed by atoms with Crippen molar-refractivity contribution in [3.8, 4) is 11.5 Å². The second kappa shape index (κ2) is 6.73. The molecular weight excluding hydrogens is 296 g/mol. The van der Waals surface area contributed by atoms with Gasteiger partial charge in [-0.15, -0.1) is 0 Å². The SMILES string of the molecule is COc1ccc(C2=NOC(=O)C2=CN2CCCCC2)cc1OC. The normalized spacial score (nSPS) is 19.6. The number of oxime groups is 1. The molecule has 0 aliphatic carbocycles. The van der Waals surface area contributed by atoms with Crippen molar-refractivity contribution in [1.82, 2.24) is 4.90 Å². The number of nitrogens with zero attached hydrogens (tertiary/aromatic N) is 2. The van der Waals surface area contributed by atoms with E-state index in [1.807, 2.05) is 12.3 Å². The van der Waals surface area contributed by atoms with Crippen LogP contribution in [0.5, 0.6) is 11.5 Å². The monoisotopic (exact) mass is 316 g/mol. The van der Waals surface area contributed by atoms with E-state index < -0.39 is 5.97 Å². The summed E-state index contributed by atoms with van der Waals surface area (Å²) in [5.41, 5.74) is 1.78. The molecule has 6 heteroatoms. The van der Waals surface area contributed by atoms with E-state index in [2.05, 4.69) is 10.1 Å². The minimum atomic E-state index is -0.416. The van der Waals surface area contributed by atoms with E-state index in [1.54, 1.807) is 26.4 Å². The Kier molecular flexibility index (Phi) is 4.50. The summed E-state index contributed by atoms with van der Waals surface area (Å²) in [4.78, 5) is 19.1. The number of rotatable bonds is 4. The van der Waals surface area contributed by atoms with Crippen molar-refractivity contribution in [3.05, 3.63) is 35.5 Å². The van der Waals surface area contributed by atoms with E-state index in [9.17, 15) is 4.79 Å². The van der Waals surface area contributed by atoms with Gasteiger partial charge in [0.1, 0.15) is 11.3 Å². The Morgan fingerprint density at radius 3 is 2.57 bits per heavy atom. The minimum absolute atomic E-state index is 0.416. The molecule has 1 fully saturated rings. The van der Waals surface area contributed by atoms with Crippen LogP contribution in [0, 0.1) is 0 Å². The third-order valence-electron chi connectivity index (χ3n) is 4.05. The Balaban J connectivity index is 1.91. The van der Waals surface area contributed by atoms with E-state index in [0.717, 1.165) is 31.5 Å². The van der Waals surface area contributed by atoms with Gasteiger partial charge in [-0.1, -0.05) is 5.16 Å². The zero-order valence-corrected chi connectivity index (χ0v) is 13.4. The Hall–Kier alpha value is -2.50. The summed E-state index contributed by atoms with van der Waals surface area (Å²) in [5.74, 6) is 0.799. The maximum absolute atomic E-state index is 12.0. The number of hydrogen-bond donors (Lipinski definition) is 0. The van der Waals surface area contributed by atoms with Gasteiger partial charge in [0, 0.05) is 24.9 Å². The van der Waals surface area contributed by atoms with Gasteiger partial charge >= 0.3 is 5.97 Å². The molecule has 6 nitrogen and oxygen atoms in total. The molecule has 0 amide bonds. The first-order valence-corrected chi connectivity index (χ1v) is 7.71. The number of ether oxygens (including phenoxy) is 2. The molecule has 2 aliphatic heterocycles. The zero-order chi connectivity index (χ0) is 16.2. The summed E-state index contributed by atoms with van der Waals surface area (Å²) < 4.78 is 10.6. The third kappa shape index (κ3) is 3.16. The van der Waals surface area contributed by atoms with Crippen LogP contribution < -0.4 is 9.47 Å². The number of piperidine rings is 1. The molecular formula is C17H20N2O4. The van der Waals surface area contributed by atoms with Crippen molar-refractivity contribution >= 4 is 11.7 Å². The number of methoxy groups -OCH3 is 2. The lowest BCUT2D eigenvalue weighted by Crippen LogP contribution is -2.26. The molecule has 1 aromatic carbocycles. The molecule has 0 spiro atoms. The summed E-state index contributed by atoms with van der Waals surface area (Å²) in [7, 11) is 3.16. The molecule has 0 radical (unpaired) electrons. The Labute approximate surface area is 135 Å². The van der Waals surface area contributed by atoms with Crippen molar-refractivity contribution in [2.75, 3.05) is 27.3 Å². The largest absolute Gasteiger partial charge is 0.493 e. The van der Waals surface area contributed by atoms with Gasteiger partial charge in [0.25, 0.3) is 0 Å². The van der Waals surface area contributed by atoms with Crippen LogP contribution in [0.25, 0.3) is 0 Å². The van der Waals surface area contributed by atoms with E-state index >= 15 is 0 Å². The van der Waals surface area contributed by atoms with Crippen LogP contribution in [0.15, 0.2) is 35.1 Å². The first-order valence-electron chi connectivity index (χ1n) is 7.71. The molecule has 2 aliphatic rings. The van der Waals surface area contributed by atoms with E-state index in [4.69, 9.17) is 14.3 Å². The van der Waals surface area contributed by atoms with Gasteiger partial charge in [-0.05, 0) is 37.5 Å². The fourth-order valence-corrected chi connectivity index (χ4v) is 2.82. The molecule has 0 atom stereocenters. The maximum Gasteiger partial charge on any atom is 0.369 e. The van der Waals surface area contributed by atoms with E-state index in [1.165, 1.54) is 6.42 Å². The van der Waals surface area contributed by atoms with Gasteiger partial charge in [-0.25, -0.2) is 4.79 Å². The van der Waals surface area contributed by atoms with Crippen molar-refractivity contribution in [3.63, 3.8) is 0 Å². The molecule has 122 valence electrons. The molecule has 0 bridgehead atoms. The summed E-state index contributed by atoms with van der Waals surface area (Å²) in [5, 5.41) is 3.94. The minimum Gasteiger partial charge on any atom is -0.493 e. The predicted octanol–water partition coefficient (Wildman–Crippen LogP) is 2.33. The van der Waals surface area contributed by atoms with Gasteiger partial charge in [-0.2, -0.15) is 0 Å². The highest BCUT2D eigenvalue weighted by Gasteiger charge is 2.28. The molecule has 1 saturated heterocycles. The third-order valence-corrected chi connectivity index (χ3v) is 4.05. The number of likely N-dealkylation sites (tertiary alicyclic amines) is 1. The summed E-state index contributed by atoms with van der Waals surface area (Å²) in [6.45, 7) is 1.91.